The third-order valence-corrected chi connectivity index (χ3v) is 3.67. The van der Waals surface area contributed by atoms with E-state index in [-0.39, 0.29) is 12.1 Å². The van der Waals surface area contributed by atoms with E-state index in [2.05, 4.69) is 10.3 Å². The summed E-state index contributed by atoms with van der Waals surface area (Å²) in [5.41, 5.74) is 8.86. The monoisotopic (exact) mass is 357 g/mol. The summed E-state index contributed by atoms with van der Waals surface area (Å²) in [7, 11) is 3.21. The third kappa shape index (κ3) is 5.31. The van der Waals surface area contributed by atoms with E-state index in [4.69, 9.17) is 19.9 Å². The predicted molar refractivity (Wildman–Crippen MR) is 105 cm³/mol. The van der Waals surface area contributed by atoms with Crippen molar-refractivity contribution in [2.45, 2.75) is 33.4 Å². The van der Waals surface area contributed by atoms with Gasteiger partial charge in [-0.3, -0.25) is 0 Å². The number of nitrogens with one attached hydrogen (secondary N) is 1. The van der Waals surface area contributed by atoms with Crippen LogP contribution in [0.25, 0.3) is 0 Å². The Morgan fingerprint density at radius 3 is 2.50 bits per heavy atom. The van der Waals surface area contributed by atoms with Gasteiger partial charge in [-0.1, -0.05) is 12.1 Å². The Bertz CT molecular complexity index is 773. The van der Waals surface area contributed by atoms with E-state index in [1.165, 1.54) is 0 Å². The van der Waals surface area contributed by atoms with E-state index < -0.39 is 0 Å². The fourth-order valence-corrected chi connectivity index (χ4v) is 2.42. The molecule has 2 aromatic rings. The first-order chi connectivity index (χ1) is 12.4. The van der Waals surface area contributed by atoms with Crippen LogP contribution < -0.4 is 25.3 Å². The lowest BCUT2D eigenvalue weighted by molar-refractivity contribution is 0.240. The lowest BCUT2D eigenvalue weighted by Crippen LogP contribution is -2.23. The SMILES string of the molecule is COc1ccc(OC)c(NC(N)=NCc2ccc(C)cc2OC(C)C)c1. The van der Waals surface area contributed by atoms with Gasteiger partial charge in [0.05, 0.1) is 32.6 Å². The molecule has 0 spiro atoms. The van der Waals surface area contributed by atoms with Crippen molar-refractivity contribution >= 4 is 11.6 Å². The number of nitrogens with two attached hydrogens (primary N) is 1. The molecule has 0 bridgehead atoms. The number of benzene rings is 2. The number of hydrogen-bond donors (Lipinski definition) is 2. The number of methoxy groups -OCH3 is 2. The molecule has 0 saturated carbocycles. The Morgan fingerprint density at radius 1 is 1.08 bits per heavy atom. The fraction of sp³-hybridized carbons (Fsp3) is 0.350. The lowest BCUT2D eigenvalue weighted by Gasteiger charge is -2.15. The molecule has 6 heteroatoms. The van der Waals surface area contributed by atoms with E-state index in [9.17, 15) is 0 Å². The molecule has 0 aromatic heterocycles. The molecule has 0 unspecified atom stereocenters. The summed E-state index contributed by atoms with van der Waals surface area (Å²) in [5, 5.41) is 3.06. The largest absolute Gasteiger partial charge is 0.497 e. The summed E-state index contributed by atoms with van der Waals surface area (Å²) >= 11 is 0. The third-order valence-electron chi connectivity index (χ3n) is 3.67. The molecule has 26 heavy (non-hydrogen) atoms. The summed E-state index contributed by atoms with van der Waals surface area (Å²) in [4.78, 5) is 4.43. The van der Waals surface area contributed by atoms with Gasteiger partial charge < -0.3 is 25.3 Å². The first-order valence-electron chi connectivity index (χ1n) is 8.48. The summed E-state index contributed by atoms with van der Waals surface area (Å²) in [6, 6.07) is 11.5. The van der Waals surface area contributed by atoms with E-state index in [1.807, 2.05) is 51.1 Å². The van der Waals surface area contributed by atoms with Crippen molar-refractivity contribution in [2.24, 2.45) is 10.7 Å². The molecule has 0 amide bonds. The normalized spacial score (nSPS) is 11.4. The highest BCUT2D eigenvalue weighted by atomic mass is 16.5. The Balaban J connectivity index is 2.16. The second-order valence-electron chi connectivity index (χ2n) is 6.17. The van der Waals surface area contributed by atoms with Gasteiger partial charge >= 0.3 is 0 Å². The van der Waals surface area contributed by atoms with Crippen molar-refractivity contribution < 1.29 is 14.2 Å². The highest BCUT2D eigenvalue weighted by molar-refractivity contribution is 5.94. The maximum Gasteiger partial charge on any atom is 0.193 e. The van der Waals surface area contributed by atoms with Crippen molar-refractivity contribution in [3.63, 3.8) is 0 Å². The van der Waals surface area contributed by atoms with Gasteiger partial charge in [0.2, 0.25) is 0 Å². The van der Waals surface area contributed by atoms with Gasteiger partial charge in [-0.2, -0.15) is 0 Å². The van der Waals surface area contributed by atoms with Crippen molar-refractivity contribution in [1.82, 2.24) is 0 Å². The molecule has 0 aliphatic carbocycles. The second-order valence-corrected chi connectivity index (χ2v) is 6.17. The van der Waals surface area contributed by atoms with Gasteiger partial charge in [0.15, 0.2) is 5.96 Å². The van der Waals surface area contributed by atoms with Crippen LogP contribution in [0.4, 0.5) is 5.69 Å². The first kappa shape index (κ1) is 19.4. The standard InChI is InChI=1S/C20H27N3O3/c1-13(2)26-19-10-14(3)6-7-15(19)12-22-20(21)23-17-11-16(24-4)8-9-18(17)25-5/h6-11,13H,12H2,1-5H3,(H3,21,22,23). The summed E-state index contributed by atoms with van der Waals surface area (Å²) in [6.07, 6.45) is 0.0936. The maximum absolute atomic E-state index is 6.05. The minimum absolute atomic E-state index is 0.0936. The van der Waals surface area contributed by atoms with Gasteiger partial charge in [0, 0.05) is 11.6 Å². The Morgan fingerprint density at radius 2 is 1.85 bits per heavy atom. The maximum atomic E-state index is 6.05. The van der Waals surface area contributed by atoms with Crippen LogP contribution in [0.1, 0.15) is 25.0 Å². The molecule has 0 saturated heterocycles. The predicted octanol–water partition coefficient (Wildman–Crippen LogP) is 3.73. The average Bonchev–Trinajstić information content (AvgIpc) is 2.60. The number of hydrogen-bond acceptors (Lipinski definition) is 4. The van der Waals surface area contributed by atoms with Crippen molar-refractivity contribution in [3.8, 4) is 17.2 Å². The molecule has 0 aliphatic heterocycles. The first-order valence-corrected chi connectivity index (χ1v) is 8.48. The van der Waals surface area contributed by atoms with E-state index >= 15 is 0 Å². The van der Waals surface area contributed by atoms with Gasteiger partial charge in [0.25, 0.3) is 0 Å². The van der Waals surface area contributed by atoms with Gasteiger partial charge in [-0.25, -0.2) is 4.99 Å². The number of anilines is 1. The zero-order valence-corrected chi connectivity index (χ0v) is 16.0. The minimum atomic E-state index is 0.0936. The molecule has 2 rings (SSSR count). The molecular formula is C20H27N3O3. The van der Waals surface area contributed by atoms with Crippen LogP contribution in [-0.4, -0.2) is 26.3 Å². The average molecular weight is 357 g/mol. The molecular weight excluding hydrogens is 330 g/mol. The van der Waals surface area contributed by atoms with Crippen LogP contribution >= 0.6 is 0 Å². The molecule has 0 atom stereocenters. The topological polar surface area (TPSA) is 78.1 Å². The Hall–Kier alpha value is -2.89. The lowest BCUT2D eigenvalue weighted by atomic mass is 10.1. The quantitative estimate of drug-likeness (QED) is 0.583. The smallest absolute Gasteiger partial charge is 0.193 e. The molecule has 0 heterocycles. The van der Waals surface area contributed by atoms with Crippen LogP contribution in [0.3, 0.4) is 0 Å². The summed E-state index contributed by atoms with van der Waals surface area (Å²) in [5.74, 6) is 2.47. The van der Waals surface area contributed by atoms with E-state index in [1.54, 1.807) is 20.3 Å². The number of aryl methyl sites for hydroxylation is 1. The van der Waals surface area contributed by atoms with E-state index in [0.717, 1.165) is 16.9 Å². The van der Waals surface area contributed by atoms with Gasteiger partial charge in [0.1, 0.15) is 17.2 Å². The van der Waals surface area contributed by atoms with Crippen molar-refractivity contribution in [1.29, 1.82) is 0 Å². The number of ether oxygens (including phenoxy) is 3. The number of guanidine groups is 1. The van der Waals surface area contributed by atoms with Crippen molar-refractivity contribution in [3.05, 3.63) is 47.5 Å². The Kier molecular flexibility index (Phi) is 6.72. The van der Waals surface area contributed by atoms with Gasteiger partial charge in [-0.15, -0.1) is 0 Å². The van der Waals surface area contributed by atoms with Crippen molar-refractivity contribution in [2.75, 3.05) is 19.5 Å². The molecule has 0 aliphatic rings. The summed E-state index contributed by atoms with van der Waals surface area (Å²) < 4.78 is 16.4. The van der Waals surface area contributed by atoms with Crippen LogP contribution in [0.15, 0.2) is 41.4 Å². The molecule has 6 nitrogen and oxygen atoms in total. The van der Waals surface area contributed by atoms with Crippen LogP contribution in [-0.2, 0) is 6.54 Å². The Labute approximate surface area is 155 Å². The number of aliphatic imine (C=N–C) groups is 1. The highest BCUT2D eigenvalue weighted by Crippen LogP contribution is 2.29. The number of rotatable bonds is 7. The zero-order valence-electron chi connectivity index (χ0n) is 16.0. The number of nitrogens with zero attached hydrogens (tertiary/aromatic N) is 1. The van der Waals surface area contributed by atoms with Crippen LogP contribution in [0, 0.1) is 6.92 Å². The summed E-state index contributed by atoms with van der Waals surface area (Å²) in [6.45, 7) is 6.44. The molecule has 0 fully saturated rings. The molecule has 3 N–H and O–H groups in total. The van der Waals surface area contributed by atoms with E-state index in [0.29, 0.717) is 23.7 Å². The van der Waals surface area contributed by atoms with Crippen LogP contribution in [0.2, 0.25) is 0 Å². The highest BCUT2D eigenvalue weighted by Gasteiger charge is 2.08. The molecule has 140 valence electrons. The minimum Gasteiger partial charge on any atom is -0.497 e. The van der Waals surface area contributed by atoms with Gasteiger partial charge in [-0.05, 0) is 44.5 Å². The zero-order chi connectivity index (χ0) is 19.1. The second kappa shape index (κ2) is 8.99. The van der Waals surface area contributed by atoms with Crippen LogP contribution in [0.5, 0.6) is 17.2 Å². The fourth-order valence-electron chi connectivity index (χ4n) is 2.42. The molecule has 0 radical (unpaired) electrons. The molecule has 2 aromatic carbocycles.